The van der Waals surface area contributed by atoms with Crippen LogP contribution in [0.2, 0.25) is 0 Å². The highest BCUT2D eigenvalue weighted by molar-refractivity contribution is 7.99. The average Bonchev–Trinajstić information content (AvgIpc) is 2.81. The highest BCUT2D eigenvalue weighted by Gasteiger charge is 2.40. The van der Waals surface area contributed by atoms with Gasteiger partial charge in [-0.15, -0.1) is 0 Å². The van der Waals surface area contributed by atoms with Crippen LogP contribution in [0.4, 0.5) is 0 Å². The zero-order valence-corrected chi connectivity index (χ0v) is 10.1. The van der Waals surface area contributed by atoms with E-state index in [2.05, 4.69) is 17.1 Å². The minimum Gasteiger partial charge on any atom is -0.376 e. The summed E-state index contributed by atoms with van der Waals surface area (Å²) >= 11 is 2.11. The van der Waals surface area contributed by atoms with Crippen molar-refractivity contribution in [3.05, 3.63) is 0 Å². The molecule has 1 aliphatic carbocycles. The summed E-state index contributed by atoms with van der Waals surface area (Å²) in [5, 5.41) is 3.76. The highest BCUT2D eigenvalue weighted by Crippen LogP contribution is 2.38. The van der Waals surface area contributed by atoms with Crippen molar-refractivity contribution in [1.29, 1.82) is 0 Å². The minimum atomic E-state index is 0.555. The first kappa shape index (κ1) is 10.4. The first-order chi connectivity index (χ1) is 7.43. The van der Waals surface area contributed by atoms with E-state index in [0.717, 1.165) is 18.4 Å². The van der Waals surface area contributed by atoms with Gasteiger partial charge in [-0.3, -0.25) is 0 Å². The summed E-state index contributed by atoms with van der Waals surface area (Å²) in [6.07, 6.45) is 6.02. The van der Waals surface area contributed by atoms with E-state index in [1.165, 1.54) is 43.7 Å². The van der Waals surface area contributed by atoms with Gasteiger partial charge < -0.3 is 10.1 Å². The van der Waals surface area contributed by atoms with E-state index in [9.17, 15) is 0 Å². The maximum absolute atomic E-state index is 5.84. The lowest BCUT2D eigenvalue weighted by molar-refractivity contribution is 0.0806. The predicted octanol–water partition coefficient (Wildman–Crippen LogP) is 1.90. The molecule has 3 atom stereocenters. The van der Waals surface area contributed by atoms with Crippen LogP contribution < -0.4 is 5.32 Å². The molecule has 2 saturated heterocycles. The molecule has 0 radical (unpaired) electrons. The molecule has 3 heteroatoms. The Bertz CT molecular complexity index is 214. The Morgan fingerprint density at radius 3 is 2.87 bits per heavy atom. The fraction of sp³-hybridized carbons (Fsp3) is 1.00. The van der Waals surface area contributed by atoms with Gasteiger partial charge in [0.25, 0.3) is 0 Å². The van der Waals surface area contributed by atoms with Crippen molar-refractivity contribution < 1.29 is 4.74 Å². The van der Waals surface area contributed by atoms with E-state index in [0.29, 0.717) is 12.1 Å². The third kappa shape index (κ3) is 2.51. The molecular formula is C12H21NOS. The molecule has 86 valence electrons. The fourth-order valence-corrected chi connectivity index (χ4v) is 4.07. The van der Waals surface area contributed by atoms with Crippen molar-refractivity contribution in [1.82, 2.24) is 5.32 Å². The molecule has 3 aliphatic rings. The molecule has 3 fully saturated rings. The SMILES string of the molecule is C1CC(NCC2CCSC2)C(C2CC2)O1. The van der Waals surface area contributed by atoms with Crippen LogP contribution in [-0.4, -0.2) is 36.8 Å². The van der Waals surface area contributed by atoms with E-state index in [-0.39, 0.29) is 0 Å². The predicted molar refractivity (Wildman–Crippen MR) is 64.3 cm³/mol. The standard InChI is InChI=1S/C12H21NOS/c1-2-10(1)12-11(3-5-14-12)13-7-9-4-6-15-8-9/h9-13H,1-8H2. The molecular weight excluding hydrogens is 206 g/mol. The normalized spacial score (nSPS) is 41.2. The summed E-state index contributed by atoms with van der Waals surface area (Å²) in [7, 11) is 0. The Labute approximate surface area is 96.5 Å². The molecule has 3 unspecified atom stereocenters. The first-order valence-corrected chi connectivity index (χ1v) is 7.51. The monoisotopic (exact) mass is 227 g/mol. The van der Waals surface area contributed by atoms with Crippen molar-refractivity contribution in [3.63, 3.8) is 0 Å². The third-order valence-corrected chi connectivity index (χ3v) is 5.15. The lowest BCUT2D eigenvalue weighted by atomic mass is 10.0. The van der Waals surface area contributed by atoms with Gasteiger partial charge in [0.1, 0.15) is 0 Å². The van der Waals surface area contributed by atoms with E-state index in [4.69, 9.17) is 4.74 Å². The second kappa shape index (κ2) is 4.64. The quantitative estimate of drug-likeness (QED) is 0.792. The van der Waals surface area contributed by atoms with Crippen LogP contribution in [-0.2, 0) is 4.74 Å². The van der Waals surface area contributed by atoms with Gasteiger partial charge in [-0.05, 0) is 55.6 Å². The summed E-state index contributed by atoms with van der Waals surface area (Å²) in [6.45, 7) is 2.21. The second-order valence-corrected chi connectivity index (χ2v) is 6.36. The first-order valence-electron chi connectivity index (χ1n) is 6.36. The molecule has 0 aromatic rings. The highest BCUT2D eigenvalue weighted by atomic mass is 32.2. The Hall–Kier alpha value is 0.270. The number of hydrogen-bond donors (Lipinski definition) is 1. The molecule has 1 saturated carbocycles. The van der Waals surface area contributed by atoms with Crippen LogP contribution in [0.5, 0.6) is 0 Å². The summed E-state index contributed by atoms with van der Waals surface area (Å²) in [6, 6.07) is 0.670. The van der Waals surface area contributed by atoms with Gasteiger partial charge in [-0.1, -0.05) is 0 Å². The van der Waals surface area contributed by atoms with Gasteiger partial charge in [-0.25, -0.2) is 0 Å². The summed E-state index contributed by atoms with van der Waals surface area (Å²) in [5.41, 5.74) is 0. The van der Waals surface area contributed by atoms with Gasteiger partial charge in [-0.2, -0.15) is 11.8 Å². The Morgan fingerprint density at radius 1 is 1.20 bits per heavy atom. The summed E-state index contributed by atoms with van der Waals surface area (Å²) in [5.74, 6) is 4.56. The van der Waals surface area contributed by atoms with Gasteiger partial charge in [0.15, 0.2) is 0 Å². The number of ether oxygens (including phenoxy) is 1. The Morgan fingerprint density at radius 2 is 2.13 bits per heavy atom. The molecule has 2 nitrogen and oxygen atoms in total. The number of nitrogens with one attached hydrogen (secondary N) is 1. The zero-order chi connectivity index (χ0) is 10.1. The molecule has 0 spiro atoms. The number of thioether (sulfide) groups is 1. The summed E-state index contributed by atoms with van der Waals surface area (Å²) in [4.78, 5) is 0. The third-order valence-electron chi connectivity index (χ3n) is 3.92. The Balaban J connectivity index is 1.44. The molecule has 0 aromatic carbocycles. The molecule has 0 amide bonds. The molecule has 2 heterocycles. The minimum absolute atomic E-state index is 0.555. The van der Waals surface area contributed by atoms with Crippen LogP contribution in [0.1, 0.15) is 25.7 Å². The van der Waals surface area contributed by atoms with Crippen molar-refractivity contribution in [2.24, 2.45) is 11.8 Å². The van der Waals surface area contributed by atoms with Crippen molar-refractivity contribution in [2.75, 3.05) is 24.7 Å². The maximum Gasteiger partial charge on any atom is 0.0756 e. The van der Waals surface area contributed by atoms with Crippen LogP contribution in [0.25, 0.3) is 0 Å². The maximum atomic E-state index is 5.84. The van der Waals surface area contributed by atoms with Crippen LogP contribution >= 0.6 is 11.8 Å². The van der Waals surface area contributed by atoms with E-state index >= 15 is 0 Å². The lowest BCUT2D eigenvalue weighted by Crippen LogP contribution is -2.40. The van der Waals surface area contributed by atoms with E-state index in [1.54, 1.807) is 0 Å². The van der Waals surface area contributed by atoms with Gasteiger partial charge in [0, 0.05) is 12.6 Å². The molecule has 0 aromatic heterocycles. The van der Waals surface area contributed by atoms with Crippen molar-refractivity contribution in [3.8, 4) is 0 Å². The summed E-state index contributed by atoms with van der Waals surface area (Å²) < 4.78 is 5.84. The van der Waals surface area contributed by atoms with E-state index in [1.807, 2.05) is 0 Å². The largest absolute Gasteiger partial charge is 0.376 e. The molecule has 2 aliphatic heterocycles. The Kier molecular flexibility index (Phi) is 3.23. The van der Waals surface area contributed by atoms with Crippen LogP contribution in [0.15, 0.2) is 0 Å². The fourth-order valence-electron chi connectivity index (χ4n) is 2.78. The molecule has 15 heavy (non-hydrogen) atoms. The average molecular weight is 227 g/mol. The second-order valence-electron chi connectivity index (χ2n) is 5.21. The van der Waals surface area contributed by atoms with Gasteiger partial charge >= 0.3 is 0 Å². The van der Waals surface area contributed by atoms with Crippen LogP contribution in [0.3, 0.4) is 0 Å². The van der Waals surface area contributed by atoms with E-state index < -0.39 is 0 Å². The topological polar surface area (TPSA) is 21.3 Å². The van der Waals surface area contributed by atoms with Crippen molar-refractivity contribution in [2.45, 2.75) is 37.8 Å². The van der Waals surface area contributed by atoms with Crippen LogP contribution in [0, 0.1) is 11.8 Å². The molecule has 0 bridgehead atoms. The lowest BCUT2D eigenvalue weighted by Gasteiger charge is -2.21. The number of rotatable bonds is 4. The number of hydrogen-bond acceptors (Lipinski definition) is 3. The van der Waals surface area contributed by atoms with Gasteiger partial charge in [0.05, 0.1) is 6.10 Å². The molecule has 1 N–H and O–H groups in total. The van der Waals surface area contributed by atoms with Gasteiger partial charge in [0.2, 0.25) is 0 Å². The zero-order valence-electron chi connectivity index (χ0n) is 9.28. The van der Waals surface area contributed by atoms with Crippen molar-refractivity contribution >= 4 is 11.8 Å². The smallest absolute Gasteiger partial charge is 0.0756 e. The molecule has 3 rings (SSSR count).